The molecule has 1 atom stereocenters. The Kier molecular flexibility index (Phi) is 3.97. The topological polar surface area (TPSA) is 47.3 Å². The van der Waals surface area contributed by atoms with Crippen molar-refractivity contribution < 1.29 is 9.84 Å². The van der Waals surface area contributed by atoms with E-state index in [0.29, 0.717) is 6.54 Å². The highest BCUT2D eigenvalue weighted by Crippen LogP contribution is 2.28. The number of aliphatic hydroxyl groups is 1. The maximum atomic E-state index is 10.6. The number of hydrogen-bond donors (Lipinski definition) is 1. The molecule has 4 nitrogen and oxygen atoms in total. The molecule has 1 N–H and O–H groups in total. The molecule has 0 fully saturated rings. The summed E-state index contributed by atoms with van der Waals surface area (Å²) in [5, 5.41) is 10.6. The number of rotatable bonds is 4. The molecule has 0 amide bonds. The molecule has 1 unspecified atom stereocenters. The van der Waals surface area contributed by atoms with Gasteiger partial charge in [0.25, 0.3) is 0 Å². The molecule has 3 rings (SSSR count). The second kappa shape index (κ2) is 5.90. The zero-order chi connectivity index (χ0) is 14.8. The van der Waals surface area contributed by atoms with Crippen LogP contribution < -0.4 is 4.74 Å². The molecule has 4 heteroatoms. The minimum atomic E-state index is -0.583. The van der Waals surface area contributed by atoms with Crippen molar-refractivity contribution in [3.8, 4) is 5.75 Å². The summed E-state index contributed by atoms with van der Waals surface area (Å²) in [5.41, 5.74) is 3.34. The Morgan fingerprint density at radius 3 is 2.86 bits per heavy atom. The van der Waals surface area contributed by atoms with E-state index in [-0.39, 0.29) is 0 Å². The predicted octanol–water partition coefficient (Wildman–Crippen LogP) is 2.81. The molecular weight excluding hydrogens is 264 g/mol. The standard InChI is InChI=1S/C17H22N2O2/c1-12-18-14-8-4-5-9-15(14)19(12)11-16(20)13-7-3-6-10-17(13)21-2/h3,6-7,10,16,20H,4-5,8-9,11H2,1-2H3. The fourth-order valence-electron chi connectivity index (χ4n) is 3.19. The van der Waals surface area contributed by atoms with Crippen LogP contribution in [0.25, 0.3) is 0 Å². The smallest absolute Gasteiger partial charge is 0.124 e. The average molecular weight is 286 g/mol. The Bertz CT molecular complexity index is 634. The number of aryl methyl sites for hydroxylation is 2. The third-order valence-corrected chi connectivity index (χ3v) is 4.28. The second-order valence-corrected chi connectivity index (χ2v) is 5.63. The number of nitrogens with zero attached hydrogens (tertiary/aromatic N) is 2. The van der Waals surface area contributed by atoms with E-state index in [4.69, 9.17) is 4.74 Å². The molecule has 1 aromatic heterocycles. The first-order valence-electron chi connectivity index (χ1n) is 7.56. The molecule has 0 bridgehead atoms. The molecule has 21 heavy (non-hydrogen) atoms. The molecule has 1 aliphatic rings. The Morgan fingerprint density at radius 1 is 1.29 bits per heavy atom. The van der Waals surface area contributed by atoms with Gasteiger partial charge < -0.3 is 14.4 Å². The molecule has 1 heterocycles. The maximum Gasteiger partial charge on any atom is 0.124 e. The Hall–Kier alpha value is -1.81. The van der Waals surface area contributed by atoms with Crippen molar-refractivity contribution in [2.24, 2.45) is 0 Å². The summed E-state index contributed by atoms with van der Waals surface area (Å²) in [6.45, 7) is 2.56. The van der Waals surface area contributed by atoms with E-state index >= 15 is 0 Å². The normalized spacial score (nSPS) is 15.6. The lowest BCUT2D eigenvalue weighted by Gasteiger charge is -2.19. The molecule has 0 spiro atoms. The van der Waals surface area contributed by atoms with E-state index in [1.807, 2.05) is 31.2 Å². The molecule has 0 radical (unpaired) electrons. The largest absolute Gasteiger partial charge is 0.496 e. The van der Waals surface area contributed by atoms with Gasteiger partial charge in [-0.2, -0.15) is 0 Å². The van der Waals surface area contributed by atoms with Crippen molar-refractivity contribution in [1.82, 2.24) is 9.55 Å². The number of imidazole rings is 1. The van der Waals surface area contributed by atoms with Gasteiger partial charge in [0, 0.05) is 11.3 Å². The van der Waals surface area contributed by atoms with Crippen LogP contribution in [0.5, 0.6) is 5.75 Å². The number of aliphatic hydroxyl groups excluding tert-OH is 1. The highest BCUT2D eigenvalue weighted by Gasteiger charge is 2.21. The Morgan fingerprint density at radius 2 is 2.05 bits per heavy atom. The van der Waals surface area contributed by atoms with Gasteiger partial charge in [-0.05, 0) is 38.7 Å². The number of fused-ring (bicyclic) bond motifs is 1. The van der Waals surface area contributed by atoms with Crippen LogP contribution in [-0.4, -0.2) is 21.8 Å². The first-order chi connectivity index (χ1) is 10.2. The average Bonchev–Trinajstić information content (AvgIpc) is 2.83. The van der Waals surface area contributed by atoms with Crippen molar-refractivity contribution in [1.29, 1.82) is 0 Å². The molecule has 1 aliphatic carbocycles. The van der Waals surface area contributed by atoms with Crippen LogP contribution in [0.2, 0.25) is 0 Å². The van der Waals surface area contributed by atoms with Crippen LogP contribution in [0, 0.1) is 6.92 Å². The predicted molar refractivity (Wildman–Crippen MR) is 81.6 cm³/mol. The Labute approximate surface area is 125 Å². The van der Waals surface area contributed by atoms with Gasteiger partial charge in [0.15, 0.2) is 0 Å². The summed E-state index contributed by atoms with van der Waals surface area (Å²) in [6.07, 6.45) is 3.98. The number of ether oxygens (including phenoxy) is 1. The third-order valence-electron chi connectivity index (χ3n) is 4.28. The lowest BCUT2D eigenvalue weighted by atomic mass is 10.0. The zero-order valence-corrected chi connectivity index (χ0v) is 12.7. The van der Waals surface area contributed by atoms with Gasteiger partial charge in [0.2, 0.25) is 0 Å². The van der Waals surface area contributed by atoms with Crippen LogP contribution >= 0.6 is 0 Å². The summed E-state index contributed by atoms with van der Waals surface area (Å²) in [6, 6.07) is 7.65. The minimum absolute atomic E-state index is 0.536. The first kappa shape index (κ1) is 14.1. The maximum absolute atomic E-state index is 10.6. The van der Waals surface area contributed by atoms with Crippen LogP contribution in [0.1, 0.15) is 41.7 Å². The van der Waals surface area contributed by atoms with Gasteiger partial charge in [0.1, 0.15) is 17.7 Å². The van der Waals surface area contributed by atoms with Gasteiger partial charge in [-0.3, -0.25) is 0 Å². The fraction of sp³-hybridized carbons (Fsp3) is 0.471. The van der Waals surface area contributed by atoms with Crippen molar-refractivity contribution in [3.05, 3.63) is 47.0 Å². The minimum Gasteiger partial charge on any atom is -0.496 e. The molecule has 0 saturated heterocycles. The molecule has 112 valence electrons. The van der Waals surface area contributed by atoms with E-state index in [0.717, 1.165) is 30.0 Å². The molecule has 0 saturated carbocycles. The van der Waals surface area contributed by atoms with E-state index in [1.54, 1.807) is 7.11 Å². The lowest BCUT2D eigenvalue weighted by Crippen LogP contribution is -2.15. The summed E-state index contributed by atoms with van der Waals surface area (Å²) < 4.78 is 7.52. The number of benzene rings is 1. The first-order valence-corrected chi connectivity index (χ1v) is 7.56. The number of aromatic nitrogens is 2. The van der Waals surface area contributed by atoms with Crippen LogP contribution in [0.4, 0.5) is 0 Å². The summed E-state index contributed by atoms with van der Waals surface area (Å²) in [4.78, 5) is 4.66. The van der Waals surface area contributed by atoms with Crippen molar-refractivity contribution in [2.45, 2.75) is 45.3 Å². The van der Waals surface area contributed by atoms with E-state index in [1.165, 1.54) is 24.2 Å². The van der Waals surface area contributed by atoms with Gasteiger partial charge in [-0.15, -0.1) is 0 Å². The van der Waals surface area contributed by atoms with Crippen LogP contribution in [0.3, 0.4) is 0 Å². The van der Waals surface area contributed by atoms with Crippen LogP contribution in [0.15, 0.2) is 24.3 Å². The van der Waals surface area contributed by atoms with Gasteiger partial charge in [-0.1, -0.05) is 18.2 Å². The zero-order valence-electron chi connectivity index (χ0n) is 12.7. The number of para-hydroxylation sites is 1. The van der Waals surface area contributed by atoms with E-state index in [2.05, 4.69) is 9.55 Å². The van der Waals surface area contributed by atoms with Gasteiger partial charge in [-0.25, -0.2) is 4.98 Å². The molecule has 2 aromatic rings. The molecule has 1 aromatic carbocycles. The monoisotopic (exact) mass is 286 g/mol. The highest BCUT2D eigenvalue weighted by molar-refractivity contribution is 5.35. The summed E-state index contributed by atoms with van der Waals surface area (Å²) >= 11 is 0. The number of methoxy groups -OCH3 is 1. The molecular formula is C17H22N2O2. The van der Waals surface area contributed by atoms with Crippen molar-refractivity contribution in [3.63, 3.8) is 0 Å². The van der Waals surface area contributed by atoms with E-state index in [9.17, 15) is 5.11 Å². The van der Waals surface area contributed by atoms with Crippen molar-refractivity contribution in [2.75, 3.05) is 7.11 Å². The lowest BCUT2D eigenvalue weighted by molar-refractivity contribution is 0.150. The van der Waals surface area contributed by atoms with Crippen LogP contribution in [-0.2, 0) is 19.4 Å². The van der Waals surface area contributed by atoms with E-state index < -0.39 is 6.10 Å². The number of hydrogen-bond acceptors (Lipinski definition) is 3. The summed E-state index contributed by atoms with van der Waals surface area (Å²) in [5.74, 6) is 1.73. The Balaban J connectivity index is 1.88. The quantitative estimate of drug-likeness (QED) is 0.940. The SMILES string of the molecule is COc1ccccc1C(O)Cn1c(C)nc2c1CCCC2. The second-order valence-electron chi connectivity index (χ2n) is 5.63. The third kappa shape index (κ3) is 2.68. The van der Waals surface area contributed by atoms with Gasteiger partial charge in [0.05, 0.1) is 19.3 Å². The van der Waals surface area contributed by atoms with Crippen molar-refractivity contribution >= 4 is 0 Å². The molecule has 0 aliphatic heterocycles. The van der Waals surface area contributed by atoms with Gasteiger partial charge >= 0.3 is 0 Å². The summed E-state index contributed by atoms with van der Waals surface area (Å²) in [7, 11) is 1.63. The fourth-order valence-corrected chi connectivity index (χ4v) is 3.19. The highest BCUT2D eigenvalue weighted by atomic mass is 16.5.